The number of benzene rings is 2. The van der Waals surface area contributed by atoms with Crippen molar-refractivity contribution in [2.45, 2.75) is 13.0 Å². The third-order valence-corrected chi connectivity index (χ3v) is 4.60. The first kappa shape index (κ1) is 14.5. The second-order valence-corrected chi connectivity index (χ2v) is 6.66. The quantitative estimate of drug-likeness (QED) is 0.635. The van der Waals surface area contributed by atoms with Gasteiger partial charge in [-0.1, -0.05) is 28.1 Å². The minimum absolute atomic E-state index is 0.163. The fraction of sp³-hybridized carbons (Fsp3) is 0.158. The summed E-state index contributed by atoms with van der Waals surface area (Å²) >= 11 is 3.35. The van der Waals surface area contributed by atoms with E-state index in [0.717, 1.165) is 0 Å². The number of carbonyl (C=O) groups is 1. The van der Waals surface area contributed by atoms with Gasteiger partial charge in [-0.2, -0.15) is 0 Å². The molecule has 0 fully saturated rings. The summed E-state index contributed by atoms with van der Waals surface area (Å²) in [7, 11) is -3.02. The number of pyridine rings is 1. The smallest absolute Gasteiger partial charge is 0.345 e. The summed E-state index contributed by atoms with van der Waals surface area (Å²) < 4.78 is 27.8. The van der Waals surface area contributed by atoms with E-state index in [2.05, 4.69) is 20.7 Å². The van der Waals surface area contributed by atoms with Crippen molar-refractivity contribution >= 4 is 38.5 Å². The minimum atomic E-state index is -3.02. The van der Waals surface area contributed by atoms with E-state index in [-0.39, 0.29) is 5.69 Å². The molecule has 0 saturated carbocycles. The van der Waals surface area contributed by atoms with Crippen molar-refractivity contribution in [3.8, 4) is 5.69 Å². The van der Waals surface area contributed by atoms with Gasteiger partial charge in [-0.3, -0.25) is 9.36 Å². The maximum Gasteiger partial charge on any atom is 0.345 e. The van der Waals surface area contributed by atoms with Crippen LogP contribution in [0.5, 0.6) is 0 Å². The molecule has 1 unspecified atom stereocenters. The SMILES string of the molecule is [2H]C([2H])([2H])OC(=O)c1c(N)c2ccc(Br)cc2n(-c2ccc(C(C)O)cc2)c1=O. The van der Waals surface area contributed by atoms with Crippen molar-refractivity contribution in [2.75, 3.05) is 12.8 Å². The van der Waals surface area contributed by atoms with Gasteiger partial charge in [-0.25, -0.2) is 4.79 Å². The number of aromatic nitrogens is 1. The highest BCUT2D eigenvalue weighted by molar-refractivity contribution is 9.10. The molecule has 1 heterocycles. The molecule has 0 aliphatic carbocycles. The molecular formula is C19H17BrN2O4. The number of carbonyl (C=O) groups excluding carboxylic acids is 1. The molecule has 0 bridgehead atoms. The van der Waals surface area contributed by atoms with E-state index in [1.165, 1.54) is 4.57 Å². The van der Waals surface area contributed by atoms with E-state index in [4.69, 9.17) is 9.85 Å². The molecule has 0 aliphatic heterocycles. The lowest BCUT2D eigenvalue weighted by atomic mass is 10.1. The van der Waals surface area contributed by atoms with Gasteiger partial charge in [0.15, 0.2) is 0 Å². The van der Waals surface area contributed by atoms with Crippen molar-refractivity contribution in [2.24, 2.45) is 0 Å². The molecule has 0 amide bonds. The lowest BCUT2D eigenvalue weighted by molar-refractivity contribution is 0.0600. The number of fused-ring (bicyclic) bond motifs is 1. The van der Waals surface area contributed by atoms with Crippen molar-refractivity contribution in [3.63, 3.8) is 0 Å². The number of esters is 1. The Labute approximate surface area is 162 Å². The predicted octanol–water partition coefficient (Wildman–Crippen LogP) is 3.18. The van der Waals surface area contributed by atoms with Crippen LogP contribution in [0.25, 0.3) is 16.6 Å². The summed E-state index contributed by atoms with van der Waals surface area (Å²) in [6.07, 6.45) is -0.692. The van der Waals surface area contributed by atoms with Crippen LogP contribution in [0.3, 0.4) is 0 Å². The number of anilines is 1. The first-order chi connectivity index (χ1) is 13.5. The van der Waals surface area contributed by atoms with Gasteiger partial charge in [0.1, 0.15) is 5.56 Å². The van der Waals surface area contributed by atoms with Crippen LogP contribution in [-0.4, -0.2) is 22.7 Å². The topological polar surface area (TPSA) is 94.6 Å². The molecular weight excluding hydrogens is 400 g/mol. The number of nitrogens with two attached hydrogens (primary N) is 1. The number of aliphatic hydroxyl groups is 1. The third-order valence-electron chi connectivity index (χ3n) is 4.11. The van der Waals surface area contributed by atoms with Gasteiger partial charge >= 0.3 is 5.97 Å². The number of hydrogen-bond acceptors (Lipinski definition) is 5. The summed E-state index contributed by atoms with van der Waals surface area (Å²) in [5.74, 6) is -1.33. The average Bonchev–Trinajstić information content (AvgIpc) is 2.60. The van der Waals surface area contributed by atoms with Crippen LogP contribution in [0.1, 0.15) is 33.1 Å². The monoisotopic (exact) mass is 419 g/mol. The fourth-order valence-electron chi connectivity index (χ4n) is 2.80. The summed E-state index contributed by atoms with van der Waals surface area (Å²) in [6.45, 7) is 1.61. The van der Waals surface area contributed by atoms with Crippen molar-refractivity contribution in [1.29, 1.82) is 0 Å². The number of rotatable bonds is 3. The summed E-state index contributed by atoms with van der Waals surface area (Å²) in [5.41, 5.74) is 5.98. The van der Waals surface area contributed by atoms with Crippen molar-refractivity contribution in [3.05, 3.63) is 68.4 Å². The Morgan fingerprint density at radius 3 is 2.62 bits per heavy atom. The van der Waals surface area contributed by atoms with Crippen LogP contribution in [-0.2, 0) is 4.74 Å². The van der Waals surface area contributed by atoms with Crippen LogP contribution in [0, 0.1) is 0 Å². The van der Waals surface area contributed by atoms with Gasteiger partial charge in [0.05, 0.1) is 28.5 Å². The van der Waals surface area contributed by atoms with Crippen LogP contribution >= 0.6 is 15.9 Å². The van der Waals surface area contributed by atoms with Gasteiger partial charge < -0.3 is 15.6 Å². The summed E-state index contributed by atoms with van der Waals surface area (Å²) in [6, 6.07) is 11.5. The Hall–Kier alpha value is -2.64. The molecule has 7 heteroatoms. The van der Waals surface area contributed by atoms with Crippen LogP contribution in [0.4, 0.5) is 5.69 Å². The van der Waals surface area contributed by atoms with E-state index in [1.807, 2.05) is 0 Å². The molecule has 3 N–H and O–H groups in total. The molecule has 0 radical (unpaired) electrons. The zero-order valence-corrected chi connectivity index (χ0v) is 15.3. The van der Waals surface area contributed by atoms with Gasteiger partial charge in [0.2, 0.25) is 0 Å². The molecule has 26 heavy (non-hydrogen) atoms. The van der Waals surface area contributed by atoms with E-state index >= 15 is 0 Å². The Kier molecular flexibility index (Phi) is 3.87. The average molecular weight is 420 g/mol. The van der Waals surface area contributed by atoms with Crippen LogP contribution < -0.4 is 11.3 Å². The molecule has 0 spiro atoms. The largest absolute Gasteiger partial charge is 0.465 e. The Morgan fingerprint density at radius 1 is 1.31 bits per heavy atom. The first-order valence-corrected chi connectivity index (χ1v) is 8.44. The molecule has 1 aromatic heterocycles. The number of hydrogen-bond donors (Lipinski definition) is 2. The molecule has 6 nitrogen and oxygen atoms in total. The molecule has 0 aliphatic rings. The van der Waals surface area contributed by atoms with Crippen molar-refractivity contribution in [1.82, 2.24) is 4.57 Å². The van der Waals surface area contributed by atoms with Gasteiger partial charge in [-0.15, -0.1) is 0 Å². The first-order valence-electron chi connectivity index (χ1n) is 9.15. The van der Waals surface area contributed by atoms with E-state index in [9.17, 15) is 14.7 Å². The molecule has 0 saturated heterocycles. The summed E-state index contributed by atoms with van der Waals surface area (Å²) in [5, 5.41) is 10.1. The highest BCUT2D eigenvalue weighted by atomic mass is 79.9. The number of halogens is 1. The Morgan fingerprint density at radius 2 is 2.00 bits per heavy atom. The van der Waals surface area contributed by atoms with E-state index in [1.54, 1.807) is 49.4 Å². The van der Waals surface area contributed by atoms with Gasteiger partial charge in [0, 0.05) is 15.5 Å². The molecule has 3 rings (SSSR count). The van der Waals surface area contributed by atoms with Gasteiger partial charge in [-0.05, 0) is 42.8 Å². The van der Waals surface area contributed by atoms with Crippen molar-refractivity contribution < 1.29 is 18.8 Å². The molecule has 2 aromatic carbocycles. The predicted molar refractivity (Wildman–Crippen MR) is 104 cm³/mol. The maximum atomic E-state index is 13.2. The molecule has 1 atom stereocenters. The van der Waals surface area contributed by atoms with Crippen LogP contribution in [0.15, 0.2) is 51.7 Å². The minimum Gasteiger partial charge on any atom is -0.465 e. The van der Waals surface area contributed by atoms with Gasteiger partial charge in [0.25, 0.3) is 5.56 Å². The number of ether oxygens (including phenoxy) is 1. The highest BCUT2D eigenvalue weighted by Gasteiger charge is 2.22. The van der Waals surface area contributed by atoms with E-state index < -0.39 is 30.2 Å². The normalized spacial score (nSPS) is 14.3. The number of nitrogen functional groups attached to an aromatic ring is 1. The van der Waals surface area contributed by atoms with Crippen LogP contribution in [0.2, 0.25) is 0 Å². The maximum absolute atomic E-state index is 13.2. The second kappa shape index (κ2) is 6.93. The Balaban J connectivity index is 2.34. The summed E-state index contributed by atoms with van der Waals surface area (Å²) in [4.78, 5) is 25.6. The third kappa shape index (κ3) is 3.00. The zero-order chi connectivity index (χ0) is 21.5. The fourth-order valence-corrected chi connectivity index (χ4v) is 3.14. The number of nitrogens with zero attached hydrogens (tertiary/aromatic N) is 1. The number of methoxy groups -OCH3 is 1. The number of aliphatic hydroxyl groups excluding tert-OH is 1. The molecule has 134 valence electrons. The highest BCUT2D eigenvalue weighted by Crippen LogP contribution is 2.28. The lowest BCUT2D eigenvalue weighted by Gasteiger charge is -2.16. The van der Waals surface area contributed by atoms with E-state index in [0.29, 0.717) is 26.6 Å². The Bertz CT molecular complexity index is 1160. The molecule has 3 aromatic rings. The zero-order valence-electron chi connectivity index (χ0n) is 16.7. The standard InChI is InChI=1S/C19H17BrN2O4/c1-10(23)11-3-6-13(7-4-11)22-15-9-12(20)5-8-14(15)17(21)16(18(22)24)19(25)26-2/h3-10,23H,21H2,1-2H3/i2D3. The lowest BCUT2D eigenvalue weighted by Crippen LogP contribution is -2.28. The second-order valence-electron chi connectivity index (χ2n) is 5.75.